The Morgan fingerprint density at radius 3 is 2.45 bits per heavy atom. The van der Waals surface area contributed by atoms with Gasteiger partial charge in [-0.05, 0) is 54.1 Å². The third-order valence-corrected chi connectivity index (χ3v) is 4.67. The van der Waals surface area contributed by atoms with E-state index in [9.17, 15) is 4.79 Å². The predicted octanol–water partition coefficient (Wildman–Crippen LogP) is 4.49. The molecular formula is C24H22N2O3. The van der Waals surface area contributed by atoms with Crippen LogP contribution in [0.4, 0.5) is 11.4 Å². The van der Waals surface area contributed by atoms with Crippen LogP contribution in [0.15, 0.2) is 83.9 Å². The molecular weight excluding hydrogens is 364 g/mol. The van der Waals surface area contributed by atoms with Crippen LogP contribution in [-0.2, 0) is 4.74 Å². The molecule has 0 spiro atoms. The number of benzene rings is 3. The van der Waals surface area contributed by atoms with Crippen LogP contribution in [0.2, 0.25) is 0 Å². The lowest BCUT2D eigenvalue weighted by molar-refractivity contribution is 0.0735. The Labute approximate surface area is 170 Å². The second kappa shape index (κ2) is 9.17. The van der Waals surface area contributed by atoms with Crippen molar-refractivity contribution in [2.75, 3.05) is 31.2 Å². The SMILES string of the molecule is O=C(Oc1cccc(C=Nc2ccc(N3CCOCC3)cc2)c1)c1ccccc1. The van der Waals surface area contributed by atoms with Crippen LogP contribution in [0.3, 0.4) is 0 Å². The van der Waals surface area contributed by atoms with E-state index in [1.165, 1.54) is 5.69 Å². The monoisotopic (exact) mass is 386 g/mol. The highest BCUT2D eigenvalue weighted by atomic mass is 16.5. The fourth-order valence-electron chi connectivity index (χ4n) is 3.12. The molecule has 0 atom stereocenters. The Bertz CT molecular complexity index is 979. The lowest BCUT2D eigenvalue weighted by atomic mass is 10.2. The fourth-order valence-corrected chi connectivity index (χ4v) is 3.12. The fraction of sp³-hybridized carbons (Fsp3) is 0.167. The normalized spacial score (nSPS) is 14.1. The smallest absolute Gasteiger partial charge is 0.343 e. The first kappa shape index (κ1) is 18.9. The Morgan fingerprint density at radius 1 is 0.931 bits per heavy atom. The van der Waals surface area contributed by atoms with Gasteiger partial charge in [0.15, 0.2) is 0 Å². The van der Waals surface area contributed by atoms with Crippen molar-refractivity contribution in [3.05, 3.63) is 90.0 Å². The molecule has 5 heteroatoms. The van der Waals surface area contributed by atoms with E-state index in [4.69, 9.17) is 9.47 Å². The van der Waals surface area contributed by atoms with Crippen LogP contribution < -0.4 is 9.64 Å². The molecule has 0 aliphatic carbocycles. The third kappa shape index (κ3) is 5.09. The average molecular weight is 386 g/mol. The minimum absolute atomic E-state index is 0.376. The molecule has 0 N–H and O–H groups in total. The van der Waals surface area contributed by atoms with Gasteiger partial charge in [-0.3, -0.25) is 4.99 Å². The van der Waals surface area contributed by atoms with Crippen LogP contribution in [0.5, 0.6) is 5.75 Å². The number of ether oxygens (including phenoxy) is 2. The van der Waals surface area contributed by atoms with Gasteiger partial charge in [0.05, 0.1) is 24.5 Å². The van der Waals surface area contributed by atoms with Gasteiger partial charge in [0, 0.05) is 25.0 Å². The van der Waals surface area contributed by atoms with Crippen molar-refractivity contribution in [3.8, 4) is 5.75 Å². The molecule has 1 aliphatic rings. The van der Waals surface area contributed by atoms with Crippen LogP contribution in [0.1, 0.15) is 15.9 Å². The highest BCUT2D eigenvalue weighted by molar-refractivity contribution is 5.91. The van der Waals surface area contributed by atoms with Gasteiger partial charge in [0.2, 0.25) is 0 Å². The van der Waals surface area contributed by atoms with Crippen molar-refractivity contribution < 1.29 is 14.3 Å². The zero-order valence-corrected chi connectivity index (χ0v) is 16.0. The van der Waals surface area contributed by atoms with E-state index >= 15 is 0 Å². The van der Waals surface area contributed by atoms with Crippen LogP contribution >= 0.6 is 0 Å². The summed E-state index contributed by atoms with van der Waals surface area (Å²) in [6.45, 7) is 3.37. The summed E-state index contributed by atoms with van der Waals surface area (Å²) in [4.78, 5) is 19.0. The van der Waals surface area contributed by atoms with Gasteiger partial charge >= 0.3 is 5.97 Å². The molecule has 146 valence electrons. The number of rotatable bonds is 5. The van der Waals surface area contributed by atoms with Crippen molar-refractivity contribution in [1.29, 1.82) is 0 Å². The molecule has 1 saturated heterocycles. The molecule has 1 fully saturated rings. The molecule has 0 bridgehead atoms. The van der Waals surface area contributed by atoms with Crippen molar-refractivity contribution >= 4 is 23.6 Å². The molecule has 0 saturated carbocycles. The van der Waals surface area contributed by atoms with Crippen LogP contribution in [0.25, 0.3) is 0 Å². The second-order valence-electron chi connectivity index (χ2n) is 6.70. The zero-order chi connectivity index (χ0) is 19.9. The summed E-state index contributed by atoms with van der Waals surface area (Å²) in [6, 6.07) is 24.4. The van der Waals surface area contributed by atoms with Crippen molar-refractivity contribution in [2.24, 2.45) is 4.99 Å². The summed E-state index contributed by atoms with van der Waals surface area (Å²) in [7, 11) is 0. The Kier molecular flexibility index (Phi) is 5.98. The predicted molar refractivity (Wildman–Crippen MR) is 115 cm³/mol. The summed E-state index contributed by atoms with van der Waals surface area (Å²) in [5, 5.41) is 0. The van der Waals surface area contributed by atoms with Gasteiger partial charge in [-0.15, -0.1) is 0 Å². The molecule has 3 aromatic rings. The van der Waals surface area contributed by atoms with E-state index in [2.05, 4.69) is 22.0 Å². The maximum atomic E-state index is 12.2. The van der Waals surface area contributed by atoms with E-state index in [1.54, 1.807) is 30.5 Å². The number of anilines is 1. The number of hydrogen-bond donors (Lipinski definition) is 0. The van der Waals surface area contributed by atoms with Crippen molar-refractivity contribution in [2.45, 2.75) is 0 Å². The first-order valence-corrected chi connectivity index (χ1v) is 9.62. The first-order chi connectivity index (χ1) is 14.3. The summed E-state index contributed by atoms with van der Waals surface area (Å²) < 4.78 is 10.9. The van der Waals surface area contributed by atoms with E-state index < -0.39 is 0 Å². The topological polar surface area (TPSA) is 51.1 Å². The lowest BCUT2D eigenvalue weighted by Crippen LogP contribution is -2.36. The highest BCUT2D eigenvalue weighted by Gasteiger charge is 2.10. The molecule has 5 nitrogen and oxygen atoms in total. The number of carbonyl (C=O) groups is 1. The molecule has 0 radical (unpaired) electrons. The quantitative estimate of drug-likeness (QED) is 0.368. The molecule has 4 rings (SSSR count). The molecule has 0 aromatic heterocycles. The number of esters is 1. The van der Waals surface area contributed by atoms with Crippen LogP contribution in [0, 0.1) is 0 Å². The van der Waals surface area contributed by atoms with Gasteiger partial charge in [0.25, 0.3) is 0 Å². The number of carbonyl (C=O) groups excluding carboxylic acids is 1. The van der Waals surface area contributed by atoms with Crippen LogP contribution in [-0.4, -0.2) is 38.5 Å². The number of hydrogen-bond acceptors (Lipinski definition) is 5. The Hall–Kier alpha value is -3.44. The van der Waals surface area contributed by atoms with E-state index in [0.717, 1.165) is 37.6 Å². The molecule has 0 amide bonds. The van der Waals surface area contributed by atoms with Gasteiger partial charge in [-0.2, -0.15) is 0 Å². The summed E-state index contributed by atoms with van der Waals surface area (Å²) in [5.74, 6) is 0.115. The molecule has 1 heterocycles. The van der Waals surface area contributed by atoms with Gasteiger partial charge in [-0.1, -0.05) is 30.3 Å². The number of nitrogens with zero attached hydrogens (tertiary/aromatic N) is 2. The average Bonchev–Trinajstić information content (AvgIpc) is 2.79. The van der Waals surface area contributed by atoms with Gasteiger partial charge in [0.1, 0.15) is 5.75 Å². The van der Waals surface area contributed by atoms with E-state index in [-0.39, 0.29) is 5.97 Å². The first-order valence-electron chi connectivity index (χ1n) is 9.62. The van der Waals surface area contributed by atoms with E-state index in [1.807, 2.05) is 42.5 Å². The van der Waals surface area contributed by atoms with E-state index in [0.29, 0.717) is 11.3 Å². The minimum Gasteiger partial charge on any atom is -0.423 e. The van der Waals surface area contributed by atoms with Crippen molar-refractivity contribution in [1.82, 2.24) is 0 Å². The van der Waals surface area contributed by atoms with Crippen molar-refractivity contribution in [3.63, 3.8) is 0 Å². The summed E-state index contributed by atoms with van der Waals surface area (Å²) in [6.07, 6.45) is 1.77. The minimum atomic E-state index is -0.376. The molecule has 1 aliphatic heterocycles. The van der Waals surface area contributed by atoms with Gasteiger partial charge in [-0.25, -0.2) is 4.79 Å². The Morgan fingerprint density at radius 2 is 1.69 bits per heavy atom. The Balaban J connectivity index is 1.41. The molecule has 0 unspecified atom stereocenters. The summed E-state index contributed by atoms with van der Waals surface area (Å²) in [5.41, 5.74) is 3.43. The maximum absolute atomic E-state index is 12.2. The highest BCUT2D eigenvalue weighted by Crippen LogP contribution is 2.21. The zero-order valence-electron chi connectivity index (χ0n) is 16.0. The third-order valence-electron chi connectivity index (χ3n) is 4.67. The number of morpholine rings is 1. The summed E-state index contributed by atoms with van der Waals surface area (Å²) >= 11 is 0. The maximum Gasteiger partial charge on any atom is 0.343 e. The largest absolute Gasteiger partial charge is 0.423 e. The van der Waals surface area contributed by atoms with Gasteiger partial charge < -0.3 is 14.4 Å². The number of aliphatic imine (C=N–C) groups is 1. The molecule has 3 aromatic carbocycles. The standard InChI is InChI=1S/C24H22N2O3/c27-24(20-6-2-1-3-7-20)29-23-8-4-5-19(17-23)18-25-21-9-11-22(12-10-21)26-13-15-28-16-14-26/h1-12,17-18H,13-16H2. The second-order valence-corrected chi connectivity index (χ2v) is 6.70. The lowest BCUT2D eigenvalue weighted by Gasteiger charge is -2.28. The molecule has 29 heavy (non-hydrogen) atoms.